The normalized spacial score (nSPS) is 18.8. The van der Waals surface area contributed by atoms with Crippen molar-refractivity contribution in [3.63, 3.8) is 0 Å². The van der Waals surface area contributed by atoms with Crippen molar-refractivity contribution in [1.82, 2.24) is 15.3 Å². The molecule has 1 atom stereocenters. The van der Waals surface area contributed by atoms with Gasteiger partial charge in [-0.2, -0.15) is 4.98 Å². The third kappa shape index (κ3) is 5.16. The Bertz CT molecular complexity index is 413. The molecule has 1 unspecified atom stereocenters. The van der Waals surface area contributed by atoms with Crippen molar-refractivity contribution in [3.05, 3.63) is 12.4 Å². The fourth-order valence-corrected chi connectivity index (χ4v) is 2.69. The molecule has 1 aliphatic heterocycles. The van der Waals surface area contributed by atoms with Crippen LogP contribution in [0.2, 0.25) is 0 Å². The average molecular weight is 292 g/mol. The summed E-state index contributed by atoms with van der Waals surface area (Å²) in [5.74, 6) is 2.29. The van der Waals surface area contributed by atoms with Crippen LogP contribution in [0.15, 0.2) is 12.4 Å². The van der Waals surface area contributed by atoms with Gasteiger partial charge in [-0.1, -0.05) is 13.8 Å². The summed E-state index contributed by atoms with van der Waals surface area (Å²) in [5.41, 5.74) is 0. The number of rotatable bonds is 8. The highest BCUT2D eigenvalue weighted by Gasteiger charge is 2.21. The molecule has 118 valence electrons. The van der Waals surface area contributed by atoms with Gasteiger partial charge in [-0.25, -0.2) is 0 Å². The molecule has 0 saturated carbocycles. The first-order valence-electron chi connectivity index (χ1n) is 8.24. The molecule has 2 heterocycles. The molecule has 2 rings (SSSR count). The number of nitrogens with one attached hydrogen (secondary N) is 1. The van der Waals surface area contributed by atoms with Gasteiger partial charge in [-0.3, -0.25) is 4.98 Å². The Balaban J connectivity index is 1.90. The lowest BCUT2D eigenvalue weighted by molar-refractivity contribution is 0.303. The number of ether oxygens (including phenoxy) is 1. The first-order chi connectivity index (χ1) is 10.3. The Morgan fingerprint density at radius 1 is 1.33 bits per heavy atom. The Labute approximate surface area is 128 Å². The van der Waals surface area contributed by atoms with Crippen LogP contribution < -0.4 is 15.0 Å². The maximum Gasteiger partial charge on any atom is 0.234 e. The molecular weight excluding hydrogens is 264 g/mol. The number of nitrogens with zero attached hydrogens (tertiary/aromatic N) is 3. The van der Waals surface area contributed by atoms with Crippen molar-refractivity contribution < 1.29 is 4.74 Å². The van der Waals surface area contributed by atoms with Gasteiger partial charge in [0, 0.05) is 13.1 Å². The molecule has 0 radical (unpaired) electrons. The smallest absolute Gasteiger partial charge is 0.234 e. The van der Waals surface area contributed by atoms with Crippen LogP contribution in [0, 0.1) is 5.92 Å². The molecule has 1 aromatic rings. The van der Waals surface area contributed by atoms with Crippen LogP contribution in [0.5, 0.6) is 5.88 Å². The highest BCUT2D eigenvalue weighted by atomic mass is 16.5. The Hall–Kier alpha value is -1.36. The summed E-state index contributed by atoms with van der Waals surface area (Å²) >= 11 is 0. The van der Waals surface area contributed by atoms with Crippen molar-refractivity contribution in [2.75, 3.05) is 37.7 Å². The fourth-order valence-electron chi connectivity index (χ4n) is 2.69. The topological polar surface area (TPSA) is 50.3 Å². The maximum absolute atomic E-state index is 5.58. The predicted molar refractivity (Wildman–Crippen MR) is 85.9 cm³/mol. The van der Waals surface area contributed by atoms with Crippen molar-refractivity contribution in [3.8, 4) is 5.88 Å². The van der Waals surface area contributed by atoms with E-state index in [4.69, 9.17) is 4.74 Å². The highest BCUT2D eigenvalue weighted by Crippen LogP contribution is 2.22. The first-order valence-corrected chi connectivity index (χ1v) is 8.24. The van der Waals surface area contributed by atoms with Gasteiger partial charge in [0.1, 0.15) is 0 Å². The van der Waals surface area contributed by atoms with Gasteiger partial charge in [-0.15, -0.1) is 0 Å². The summed E-state index contributed by atoms with van der Waals surface area (Å²) in [6, 6.07) is 0. The molecule has 0 aromatic carbocycles. The summed E-state index contributed by atoms with van der Waals surface area (Å²) in [6.45, 7) is 9.33. The third-order valence-electron chi connectivity index (χ3n) is 3.76. The fraction of sp³-hybridized carbons (Fsp3) is 0.750. The minimum atomic E-state index is 0.639. The van der Waals surface area contributed by atoms with Gasteiger partial charge in [0.05, 0.1) is 19.0 Å². The summed E-state index contributed by atoms with van der Waals surface area (Å²) in [4.78, 5) is 11.2. The zero-order valence-corrected chi connectivity index (χ0v) is 13.3. The molecule has 5 nitrogen and oxygen atoms in total. The number of hydrogen-bond donors (Lipinski definition) is 1. The molecule has 0 aliphatic carbocycles. The predicted octanol–water partition coefficient (Wildman–Crippen LogP) is 2.48. The van der Waals surface area contributed by atoms with Gasteiger partial charge in [0.15, 0.2) is 5.82 Å². The lowest BCUT2D eigenvalue weighted by Crippen LogP contribution is -2.40. The van der Waals surface area contributed by atoms with Gasteiger partial charge in [-0.05, 0) is 44.7 Å². The molecule has 5 heteroatoms. The molecule has 1 saturated heterocycles. The SMILES string of the molecule is CCCNCC1CCCN(c2cncc(OCCC)n2)C1. The minimum absolute atomic E-state index is 0.639. The van der Waals surface area contributed by atoms with E-state index in [1.165, 1.54) is 19.3 Å². The van der Waals surface area contributed by atoms with Crippen LogP contribution in [0.3, 0.4) is 0 Å². The Kier molecular flexibility index (Phi) is 6.73. The van der Waals surface area contributed by atoms with E-state index < -0.39 is 0 Å². The van der Waals surface area contributed by atoms with Gasteiger partial charge >= 0.3 is 0 Å². The van der Waals surface area contributed by atoms with E-state index >= 15 is 0 Å². The van der Waals surface area contributed by atoms with E-state index in [1.807, 2.05) is 6.20 Å². The highest BCUT2D eigenvalue weighted by molar-refractivity contribution is 5.38. The molecular formula is C16H28N4O. The second-order valence-corrected chi connectivity index (χ2v) is 5.72. The second-order valence-electron chi connectivity index (χ2n) is 5.72. The standard InChI is InChI=1S/C16H28N4O/c1-3-7-17-10-14-6-5-8-20(13-14)15-11-18-12-16(19-15)21-9-4-2/h11-12,14,17H,3-10,13H2,1-2H3. The maximum atomic E-state index is 5.58. The Morgan fingerprint density at radius 3 is 3.05 bits per heavy atom. The van der Waals surface area contributed by atoms with Crippen molar-refractivity contribution in [1.29, 1.82) is 0 Å². The minimum Gasteiger partial charge on any atom is -0.477 e. The van der Waals surface area contributed by atoms with E-state index in [2.05, 4.69) is 34.0 Å². The van der Waals surface area contributed by atoms with Crippen LogP contribution in [0.25, 0.3) is 0 Å². The quantitative estimate of drug-likeness (QED) is 0.746. The van der Waals surface area contributed by atoms with E-state index in [0.717, 1.165) is 38.4 Å². The number of aromatic nitrogens is 2. The summed E-state index contributed by atoms with van der Waals surface area (Å²) in [7, 11) is 0. The van der Waals surface area contributed by atoms with Gasteiger partial charge in [0.25, 0.3) is 0 Å². The van der Waals surface area contributed by atoms with Crippen LogP contribution in [-0.2, 0) is 0 Å². The van der Waals surface area contributed by atoms with Crippen LogP contribution in [0.4, 0.5) is 5.82 Å². The zero-order valence-electron chi connectivity index (χ0n) is 13.3. The molecule has 1 aromatic heterocycles. The summed E-state index contributed by atoms with van der Waals surface area (Å²) in [5, 5.41) is 3.53. The Morgan fingerprint density at radius 2 is 2.24 bits per heavy atom. The second kappa shape index (κ2) is 8.82. The van der Waals surface area contributed by atoms with Gasteiger partial charge in [0.2, 0.25) is 5.88 Å². The van der Waals surface area contributed by atoms with E-state index in [9.17, 15) is 0 Å². The summed E-state index contributed by atoms with van der Waals surface area (Å²) in [6.07, 6.45) is 8.25. The molecule has 1 aliphatic rings. The van der Waals surface area contributed by atoms with Crippen molar-refractivity contribution in [2.24, 2.45) is 5.92 Å². The van der Waals surface area contributed by atoms with E-state index in [-0.39, 0.29) is 0 Å². The van der Waals surface area contributed by atoms with Crippen molar-refractivity contribution in [2.45, 2.75) is 39.5 Å². The van der Waals surface area contributed by atoms with E-state index in [1.54, 1.807) is 6.20 Å². The third-order valence-corrected chi connectivity index (χ3v) is 3.76. The molecule has 21 heavy (non-hydrogen) atoms. The molecule has 1 N–H and O–H groups in total. The van der Waals surface area contributed by atoms with Gasteiger partial charge < -0.3 is 15.0 Å². The zero-order chi connectivity index (χ0) is 14.9. The first kappa shape index (κ1) is 16.0. The number of anilines is 1. The molecule has 0 amide bonds. The summed E-state index contributed by atoms with van der Waals surface area (Å²) < 4.78 is 5.58. The molecule has 0 bridgehead atoms. The monoisotopic (exact) mass is 292 g/mol. The van der Waals surface area contributed by atoms with Crippen LogP contribution >= 0.6 is 0 Å². The number of hydrogen-bond acceptors (Lipinski definition) is 5. The molecule has 1 fully saturated rings. The average Bonchev–Trinajstić information content (AvgIpc) is 2.54. The van der Waals surface area contributed by atoms with E-state index in [0.29, 0.717) is 18.4 Å². The molecule has 0 spiro atoms. The lowest BCUT2D eigenvalue weighted by Gasteiger charge is -2.33. The lowest BCUT2D eigenvalue weighted by atomic mass is 9.98. The number of piperidine rings is 1. The largest absolute Gasteiger partial charge is 0.477 e. The van der Waals surface area contributed by atoms with Crippen molar-refractivity contribution >= 4 is 5.82 Å². The van der Waals surface area contributed by atoms with Crippen LogP contribution in [-0.4, -0.2) is 42.8 Å². The van der Waals surface area contributed by atoms with Crippen LogP contribution in [0.1, 0.15) is 39.5 Å².